The van der Waals surface area contributed by atoms with E-state index in [1.807, 2.05) is 6.92 Å². The molecule has 9 saturated heterocycles. The van der Waals surface area contributed by atoms with Crippen LogP contribution in [0.1, 0.15) is 97.8 Å². The number of aliphatic hydroxyl groups is 1. The lowest BCUT2D eigenvalue weighted by Gasteiger charge is -2.47. The number of ketones is 1. The highest BCUT2D eigenvalue weighted by Crippen LogP contribution is 2.54. The van der Waals surface area contributed by atoms with Gasteiger partial charge in [-0.25, -0.2) is 0 Å². The molecular weight excluding hydrogens is 761 g/mol. The lowest BCUT2D eigenvalue weighted by atomic mass is 9.81. The van der Waals surface area contributed by atoms with Gasteiger partial charge in [-0.3, -0.25) is 8.98 Å². The van der Waals surface area contributed by atoms with Gasteiger partial charge in [0, 0.05) is 51.6 Å². The van der Waals surface area contributed by atoms with Crippen LogP contribution >= 0.6 is 0 Å². The molecule has 57 heavy (non-hydrogen) atoms. The van der Waals surface area contributed by atoms with E-state index in [2.05, 4.69) is 27.0 Å². The van der Waals surface area contributed by atoms with Crippen molar-refractivity contribution in [1.29, 1.82) is 0 Å². The largest absolute Gasteiger partial charge is 0.391 e. The smallest absolute Gasteiger partial charge is 0.264 e. The van der Waals surface area contributed by atoms with E-state index in [0.717, 1.165) is 49.5 Å². The molecule has 15 heteroatoms. The summed E-state index contributed by atoms with van der Waals surface area (Å²) in [6, 6.07) is 0. The Morgan fingerprint density at radius 1 is 0.912 bits per heavy atom. The van der Waals surface area contributed by atoms with Gasteiger partial charge in [0.15, 0.2) is 5.79 Å². The third kappa shape index (κ3) is 8.88. The van der Waals surface area contributed by atoms with E-state index in [-0.39, 0.29) is 104 Å². The minimum atomic E-state index is -3.74. The zero-order chi connectivity index (χ0) is 40.4. The highest BCUT2D eigenvalue weighted by Gasteiger charge is 2.68. The summed E-state index contributed by atoms with van der Waals surface area (Å²) < 4.78 is 87.0. The standard InChI is InChI=1S/C42H64O14S/c1-8-27-13-21(2)23(4)32(50-27)18-33-30(36(47-6)34(52-33)17-26(44)20-48-57(7,45)46)16-25(43)15-28-9-10-31-37(51-28)41-40-39(53-31)38-35(54-40)19-42(55-38,56-41)12-11-29-14-22(3)24(5)49-29/h21,24,26-41,44H,3-4,8-20H2,1-2,5-7H3. The summed E-state index contributed by atoms with van der Waals surface area (Å²) in [5, 5.41) is 10.8. The van der Waals surface area contributed by atoms with Gasteiger partial charge in [0.1, 0.15) is 36.3 Å². The van der Waals surface area contributed by atoms with Crippen LogP contribution in [0.25, 0.3) is 0 Å². The molecule has 9 aliphatic heterocycles. The summed E-state index contributed by atoms with van der Waals surface area (Å²) in [4.78, 5) is 14.1. The normalized spacial score (nSPS) is 47.0. The third-order valence-corrected chi connectivity index (χ3v) is 14.6. The van der Waals surface area contributed by atoms with Crippen LogP contribution in [-0.2, 0) is 61.7 Å². The number of hydrogen-bond acceptors (Lipinski definition) is 14. The topological polar surface area (TPSA) is 164 Å². The van der Waals surface area contributed by atoms with Crippen molar-refractivity contribution in [3.05, 3.63) is 24.3 Å². The van der Waals surface area contributed by atoms with Crippen LogP contribution in [-0.4, -0.2) is 143 Å². The highest BCUT2D eigenvalue weighted by atomic mass is 32.2. The molecule has 0 aromatic heterocycles. The Bertz CT molecular complexity index is 1610. The molecule has 19 atom stereocenters. The predicted octanol–water partition coefficient (Wildman–Crippen LogP) is 4.09. The van der Waals surface area contributed by atoms with Gasteiger partial charge in [-0.05, 0) is 62.5 Å². The number of aliphatic hydroxyl groups excluding tert-OH is 1. The second kappa shape index (κ2) is 16.8. The summed E-state index contributed by atoms with van der Waals surface area (Å²) in [6.45, 7) is 14.5. The second-order valence-corrected chi connectivity index (χ2v) is 19.8. The molecular formula is C42H64O14S. The number of carbonyl (C=O) groups is 1. The van der Waals surface area contributed by atoms with Crippen molar-refractivity contribution in [3.8, 4) is 0 Å². The van der Waals surface area contributed by atoms with Crippen molar-refractivity contribution in [1.82, 2.24) is 0 Å². The molecule has 9 fully saturated rings. The molecule has 0 saturated carbocycles. The molecule has 322 valence electrons. The van der Waals surface area contributed by atoms with Gasteiger partial charge >= 0.3 is 0 Å². The Balaban J connectivity index is 0.934. The molecule has 14 nitrogen and oxygen atoms in total. The summed E-state index contributed by atoms with van der Waals surface area (Å²) in [6.07, 6.45) is 3.19. The summed E-state index contributed by atoms with van der Waals surface area (Å²) in [5.74, 6) is -0.852. The van der Waals surface area contributed by atoms with Crippen molar-refractivity contribution < 1.29 is 65.1 Å². The summed E-state index contributed by atoms with van der Waals surface area (Å²) in [7, 11) is -2.17. The lowest BCUT2D eigenvalue weighted by Crippen LogP contribution is -2.61. The number of fused-ring (bicyclic) bond motifs is 1. The molecule has 0 radical (unpaired) electrons. The van der Waals surface area contributed by atoms with Crippen molar-refractivity contribution in [2.45, 2.75) is 201 Å². The van der Waals surface area contributed by atoms with Crippen molar-refractivity contribution >= 4 is 15.9 Å². The van der Waals surface area contributed by atoms with Crippen LogP contribution in [0.3, 0.4) is 0 Å². The summed E-state index contributed by atoms with van der Waals surface area (Å²) in [5.41, 5.74) is 2.12. The number of hydrogen-bond donors (Lipinski definition) is 1. The van der Waals surface area contributed by atoms with E-state index in [1.165, 1.54) is 0 Å². The fourth-order valence-electron chi connectivity index (χ4n) is 11.0. The first-order valence-corrected chi connectivity index (χ1v) is 23.2. The number of methoxy groups -OCH3 is 1. The average Bonchev–Trinajstić information content (AvgIpc) is 3.82. The van der Waals surface area contributed by atoms with Crippen molar-refractivity contribution in [2.75, 3.05) is 20.0 Å². The SMILES string of the molecule is C=C1CC(CCC23CC4OC5C(OC6CCC(CC(=O)CC7C(CC8OC(CC)CC(C)C8=C)OC(CC(O)COS(C)(=O)=O)C7OC)OC6C5O2)C4O3)OC1C. The second-order valence-electron chi connectivity index (χ2n) is 18.2. The first kappa shape index (κ1) is 42.4. The minimum Gasteiger partial charge on any atom is -0.391 e. The van der Waals surface area contributed by atoms with Gasteiger partial charge in [0.25, 0.3) is 10.1 Å². The Hall–Kier alpha value is -1.34. The maximum Gasteiger partial charge on any atom is 0.264 e. The molecule has 0 spiro atoms. The van der Waals surface area contributed by atoms with Gasteiger partial charge < -0.3 is 47.7 Å². The molecule has 6 bridgehead atoms. The van der Waals surface area contributed by atoms with Crippen molar-refractivity contribution in [3.63, 3.8) is 0 Å². The first-order valence-electron chi connectivity index (χ1n) is 21.3. The number of ether oxygens (including phenoxy) is 9. The molecule has 1 N–H and O–H groups in total. The molecule has 19 unspecified atom stereocenters. The zero-order valence-electron chi connectivity index (χ0n) is 34.2. The van der Waals surface area contributed by atoms with Crippen LogP contribution in [0, 0.1) is 11.8 Å². The molecule has 0 aromatic rings. The molecule has 9 heterocycles. The number of rotatable bonds is 16. The summed E-state index contributed by atoms with van der Waals surface area (Å²) >= 11 is 0. The highest BCUT2D eigenvalue weighted by molar-refractivity contribution is 7.85. The lowest BCUT2D eigenvalue weighted by molar-refractivity contribution is -0.292. The Kier molecular flexibility index (Phi) is 12.5. The van der Waals surface area contributed by atoms with Gasteiger partial charge in [-0.2, -0.15) is 8.42 Å². The maximum atomic E-state index is 14.1. The van der Waals surface area contributed by atoms with Crippen LogP contribution < -0.4 is 0 Å². The van der Waals surface area contributed by atoms with E-state index in [1.54, 1.807) is 7.11 Å². The van der Waals surface area contributed by atoms with Crippen LogP contribution in [0.15, 0.2) is 24.3 Å². The Labute approximate surface area is 337 Å². The molecule has 0 aromatic carbocycles. The quantitative estimate of drug-likeness (QED) is 0.175. The van der Waals surface area contributed by atoms with E-state index >= 15 is 0 Å². The van der Waals surface area contributed by atoms with Gasteiger partial charge in [-0.1, -0.05) is 27.0 Å². The zero-order valence-corrected chi connectivity index (χ0v) is 35.0. The third-order valence-electron chi connectivity index (χ3n) is 14.0. The molecule has 0 aliphatic carbocycles. The Morgan fingerprint density at radius 2 is 1.67 bits per heavy atom. The van der Waals surface area contributed by atoms with Gasteiger partial charge in [0.05, 0.1) is 80.0 Å². The minimum absolute atomic E-state index is 0.0203. The number of carbonyl (C=O) groups excluding carboxylic acids is 1. The molecule has 9 rings (SSSR count). The van der Waals surface area contributed by atoms with E-state index < -0.39 is 53.0 Å². The van der Waals surface area contributed by atoms with Crippen molar-refractivity contribution in [2.24, 2.45) is 11.8 Å². The van der Waals surface area contributed by atoms with E-state index in [0.29, 0.717) is 25.7 Å². The van der Waals surface area contributed by atoms with Crippen LogP contribution in [0.2, 0.25) is 0 Å². The monoisotopic (exact) mass is 824 g/mol. The molecule has 0 amide bonds. The van der Waals surface area contributed by atoms with Gasteiger partial charge in [0.2, 0.25) is 0 Å². The predicted molar refractivity (Wildman–Crippen MR) is 205 cm³/mol. The molecule has 9 aliphatic rings. The van der Waals surface area contributed by atoms with Crippen LogP contribution in [0.5, 0.6) is 0 Å². The van der Waals surface area contributed by atoms with Crippen LogP contribution in [0.4, 0.5) is 0 Å². The first-order chi connectivity index (χ1) is 27.1. The van der Waals surface area contributed by atoms with Gasteiger partial charge in [-0.15, -0.1) is 0 Å². The average molecular weight is 825 g/mol. The number of Topliss-reactive ketones (excluding diaryl/α,β-unsaturated/α-hetero) is 1. The van der Waals surface area contributed by atoms with E-state index in [9.17, 15) is 18.3 Å². The fourth-order valence-corrected chi connectivity index (χ4v) is 11.4. The maximum absolute atomic E-state index is 14.1. The Morgan fingerprint density at radius 3 is 2.39 bits per heavy atom. The fraction of sp³-hybridized carbons (Fsp3) is 0.881. The van der Waals surface area contributed by atoms with E-state index in [4.69, 9.17) is 46.8 Å².